The van der Waals surface area contributed by atoms with Crippen molar-refractivity contribution in [1.82, 2.24) is 0 Å². The second kappa shape index (κ2) is 4.59. The molecule has 1 unspecified atom stereocenters. The van der Waals surface area contributed by atoms with Crippen LogP contribution in [0.25, 0.3) is 0 Å². The Morgan fingerprint density at radius 1 is 1.73 bits per heavy atom. The molecule has 1 atom stereocenters. The minimum absolute atomic E-state index is 0. The van der Waals surface area contributed by atoms with Crippen molar-refractivity contribution in [1.29, 1.82) is 0 Å². The zero-order valence-electron chi connectivity index (χ0n) is 6.57. The molecule has 0 heterocycles. The van der Waals surface area contributed by atoms with E-state index in [-0.39, 0.29) is 36.0 Å². The first-order valence-electron chi connectivity index (χ1n) is 2.69. The summed E-state index contributed by atoms with van der Waals surface area (Å²) in [4.78, 5) is -2.30. The summed E-state index contributed by atoms with van der Waals surface area (Å²) in [6, 6.07) is 0. The van der Waals surface area contributed by atoms with Gasteiger partial charge in [0.1, 0.15) is 10.1 Å². The second-order valence-corrected chi connectivity index (χ2v) is 3.47. The summed E-state index contributed by atoms with van der Waals surface area (Å²) in [6.45, 7) is 4.43. The van der Waals surface area contributed by atoms with Crippen LogP contribution in [0.2, 0.25) is 0 Å². The van der Waals surface area contributed by atoms with Crippen LogP contribution in [-0.2, 0) is 10.1 Å². The van der Waals surface area contributed by atoms with Gasteiger partial charge in [-0.05, 0) is 12.5 Å². The Hall–Kier alpha value is 0.610. The van der Waals surface area contributed by atoms with Gasteiger partial charge in [0.15, 0.2) is 4.93 Å². The van der Waals surface area contributed by atoms with Crippen molar-refractivity contribution in [3.8, 4) is 0 Å². The van der Waals surface area contributed by atoms with Crippen molar-refractivity contribution >= 4 is 10.1 Å². The molecule has 60 valence electrons. The second-order valence-electron chi connectivity index (χ2n) is 1.86. The molecule has 0 aliphatic carbocycles. The molecule has 0 bridgehead atoms. The van der Waals surface area contributed by atoms with Crippen LogP contribution in [0.1, 0.15) is 13.3 Å². The minimum atomic E-state index is -4.68. The van der Waals surface area contributed by atoms with Gasteiger partial charge in [-0.1, -0.05) is 13.5 Å². The maximum absolute atomic E-state index is 10.2. The van der Waals surface area contributed by atoms with Crippen LogP contribution in [0.4, 0.5) is 0 Å². The zero-order valence-corrected chi connectivity index (χ0v) is 9.39. The first-order valence-corrected chi connectivity index (χ1v) is 4.09. The molecule has 0 aromatic heterocycles. The fourth-order valence-electron chi connectivity index (χ4n) is 0.423. The fourth-order valence-corrected chi connectivity index (χ4v) is 0.981. The van der Waals surface area contributed by atoms with E-state index in [0.717, 1.165) is 6.08 Å². The van der Waals surface area contributed by atoms with E-state index < -0.39 is 15.1 Å². The molecule has 0 saturated carbocycles. The monoisotopic (exact) mass is 188 g/mol. The molecule has 0 amide bonds. The normalized spacial score (nSPS) is 16.3. The Bertz CT molecular complexity index is 223. The van der Waals surface area contributed by atoms with Gasteiger partial charge in [-0.15, -0.1) is 0 Å². The summed E-state index contributed by atoms with van der Waals surface area (Å²) in [6.07, 6.45) is 0.553. The molecule has 0 saturated heterocycles. The van der Waals surface area contributed by atoms with Gasteiger partial charge in [0.2, 0.25) is 0 Å². The van der Waals surface area contributed by atoms with Crippen LogP contribution < -0.4 is 29.6 Å². The third kappa shape index (κ3) is 3.23. The van der Waals surface area contributed by atoms with Gasteiger partial charge in [0.25, 0.3) is 0 Å². The van der Waals surface area contributed by atoms with E-state index >= 15 is 0 Å². The summed E-state index contributed by atoms with van der Waals surface area (Å²) >= 11 is 0. The summed E-state index contributed by atoms with van der Waals surface area (Å²) < 4.78 is 30.7. The molecule has 0 radical (unpaired) electrons. The number of aliphatic hydroxyl groups is 1. The average molecular weight is 188 g/mol. The maximum atomic E-state index is 10.2. The van der Waals surface area contributed by atoms with Crippen LogP contribution in [0.5, 0.6) is 0 Å². The molecule has 1 N–H and O–H groups in total. The number of rotatable bonds is 3. The molecule has 0 aromatic carbocycles. The van der Waals surface area contributed by atoms with Gasteiger partial charge < -0.3 is 9.66 Å². The van der Waals surface area contributed by atoms with Crippen molar-refractivity contribution < 1.29 is 47.6 Å². The van der Waals surface area contributed by atoms with E-state index in [1.54, 1.807) is 0 Å². The molecule has 0 spiro atoms. The van der Waals surface area contributed by atoms with Gasteiger partial charge in [-0.3, -0.25) is 0 Å². The average Bonchev–Trinajstić information content (AvgIpc) is 1.84. The van der Waals surface area contributed by atoms with Gasteiger partial charge in [0, 0.05) is 0 Å². The van der Waals surface area contributed by atoms with Crippen LogP contribution in [0, 0.1) is 0 Å². The van der Waals surface area contributed by atoms with Crippen molar-refractivity contribution in [2.24, 2.45) is 0 Å². The molecule has 0 aliphatic heterocycles. The van der Waals surface area contributed by atoms with Gasteiger partial charge in [-0.2, -0.15) is 0 Å². The molecule has 0 aliphatic rings. The van der Waals surface area contributed by atoms with E-state index in [0.29, 0.717) is 0 Å². The summed E-state index contributed by atoms with van der Waals surface area (Å²) in [5.41, 5.74) is 0. The largest absolute Gasteiger partial charge is 1.00 e. The number of hydrogen-bond acceptors (Lipinski definition) is 4. The van der Waals surface area contributed by atoms with Crippen molar-refractivity contribution in [2.45, 2.75) is 18.3 Å². The van der Waals surface area contributed by atoms with Crippen molar-refractivity contribution in [3.05, 3.63) is 12.7 Å². The Morgan fingerprint density at radius 2 is 2.09 bits per heavy atom. The Morgan fingerprint density at radius 3 is 2.09 bits per heavy atom. The van der Waals surface area contributed by atoms with E-state index in [1.165, 1.54) is 6.92 Å². The quantitative estimate of drug-likeness (QED) is 0.288. The van der Waals surface area contributed by atoms with E-state index in [4.69, 9.17) is 5.11 Å². The standard InChI is InChI=1S/C5H10O4S.Na/c1-3-5(6,4-2)10(7,8)9;/h3,6H,1,4H2,2H3,(H,7,8,9);/q;+1/p-1. The van der Waals surface area contributed by atoms with Crippen LogP contribution in [0.15, 0.2) is 12.7 Å². The Balaban J connectivity index is 0. The molecule has 0 rings (SSSR count). The third-order valence-electron chi connectivity index (χ3n) is 1.26. The van der Waals surface area contributed by atoms with Crippen molar-refractivity contribution in [3.63, 3.8) is 0 Å². The maximum Gasteiger partial charge on any atom is 1.00 e. The summed E-state index contributed by atoms with van der Waals surface area (Å²) in [7, 11) is -4.68. The first kappa shape index (κ1) is 14.2. The molecule has 11 heavy (non-hydrogen) atoms. The molecule has 0 aromatic rings. The molecular formula is C5H9NaO4S. The van der Waals surface area contributed by atoms with E-state index in [9.17, 15) is 13.0 Å². The Labute approximate surface area is 88.3 Å². The Kier molecular flexibility index (Phi) is 5.91. The topological polar surface area (TPSA) is 77.4 Å². The predicted molar refractivity (Wildman–Crippen MR) is 35.1 cm³/mol. The van der Waals surface area contributed by atoms with Crippen LogP contribution in [-0.4, -0.2) is 23.0 Å². The van der Waals surface area contributed by atoms with Gasteiger partial charge in [0.05, 0.1) is 0 Å². The third-order valence-corrected chi connectivity index (χ3v) is 2.58. The van der Waals surface area contributed by atoms with Crippen molar-refractivity contribution in [2.75, 3.05) is 0 Å². The van der Waals surface area contributed by atoms with Gasteiger partial charge >= 0.3 is 29.6 Å². The smallest absolute Gasteiger partial charge is 0.745 e. The molecular weight excluding hydrogens is 179 g/mol. The van der Waals surface area contributed by atoms with Gasteiger partial charge in [-0.25, -0.2) is 8.42 Å². The predicted octanol–water partition coefficient (Wildman–Crippen LogP) is -3.18. The molecule has 6 heteroatoms. The summed E-state index contributed by atoms with van der Waals surface area (Å²) in [5.74, 6) is 0. The fraction of sp³-hybridized carbons (Fsp3) is 0.600. The number of hydrogen-bond donors (Lipinski definition) is 1. The van der Waals surface area contributed by atoms with Crippen LogP contribution >= 0.6 is 0 Å². The molecule has 0 fully saturated rings. The minimum Gasteiger partial charge on any atom is -0.745 e. The molecule has 4 nitrogen and oxygen atoms in total. The van der Waals surface area contributed by atoms with E-state index in [1.807, 2.05) is 0 Å². The SMILES string of the molecule is C=CC(O)(CC)S(=O)(=O)[O-].[Na+]. The first-order chi connectivity index (χ1) is 4.37. The van der Waals surface area contributed by atoms with Crippen LogP contribution in [0.3, 0.4) is 0 Å². The zero-order chi connectivity index (χ0) is 8.41. The van der Waals surface area contributed by atoms with E-state index in [2.05, 4.69) is 6.58 Å². The summed E-state index contributed by atoms with van der Waals surface area (Å²) in [5, 5.41) is 8.95.